The van der Waals surface area contributed by atoms with Crippen molar-refractivity contribution in [2.24, 2.45) is 0 Å². The van der Waals surface area contributed by atoms with Crippen molar-refractivity contribution in [3.05, 3.63) is 27.7 Å². The number of hydrogen-bond donors (Lipinski definition) is 0. The first-order chi connectivity index (χ1) is 6.24. The van der Waals surface area contributed by atoms with E-state index in [1.54, 1.807) is 12.1 Å². The summed E-state index contributed by atoms with van der Waals surface area (Å²) in [6.07, 6.45) is 0.844. The lowest BCUT2D eigenvalue weighted by atomic mass is 10.3. The highest BCUT2D eigenvalue weighted by Gasteiger charge is 2.00. The predicted octanol–water partition coefficient (Wildman–Crippen LogP) is 4.11. The van der Waals surface area contributed by atoms with Crippen molar-refractivity contribution in [3.8, 4) is 5.75 Å². The van der Waals surface area contributed by atoms with Crippen molar-refractivity contribution in [3.63, 3.8) is 0 Å². The van der Waals surface area contributed by atoms with E-state index in [0.29, 0.717) is 17.5 Å². The van der Waals surface area contributed by atoms with Crippen LogP contribution in [0.2, 0.25) is 5.02 Å². The summed E-state index contributed by atoms with van der Waals surface area (Å²) in [4.78, 5) is 0. The maximum absolute atomic E-state index is 5.77. The summed E-state index contributed by atoms with van der Waals surface area (Å²) in [5.41, 5.74) is 0. The van der Waals surface area contributed by atoms with Crippen molar-refractivity contribution in [2.75, 3.05) is 12.5 Å². The third kappa shape index (κ3) is 3.75. The van der Waals surface area contributed by atoms with Crippen LogP contribution in [0, 0.1) is 0 Å². The summed E-state index contributed by atoms with van der Waals surface area (Å²) < 4.78 is 6.31. The first-order valence-electron chi connectivity index (χ1n) is 3.88. The van der Waals surface area contributed by atoms with E-state index in [1.165, 1.54) is 0 Å². The number of rotatable bonds is 4. The van der Waals surface area contributed by atoms with E-state index in [-0.39, 0.29) is 0 Å². The molecule has 13 heavy (non-hydrogen) atoms. The largest absolute Gasteiger partial charge is 0.492 e. The standard InChI is InChI=1S/C9H9BrCl2O/c10-8-6-7(12)2-3-9(8)13-5-1-4-11/h2-3,6H,1,4-5H2. The van der Waals surface area contributed by atoms with Gasteiger partial charge >= 0.3 is 0 Å². The molecule has 0 N–H and O–H groups in total. The highest BCUT2D eigenvalue weighted by molar-refractivity contribution is 9.10. The predicted molar refractivity (Wildman–Crippen MR) is 60.0 cm³/mol. The number of alkyl halides is 1. The lowest BCUT2D eigenvalue weighted by Crippen LogP contribution is -1.98. The van der Waals surface area contributed by atoms with Crippen LogP contribution in [0.15, 0.2) is 22.7 Å². The number of ether oxygens (including phenoxy) is 1. The van der Waals surface area contributed by atoms with Gasteiger partial charge in [-0.25, -0.2) is 0 Å². The van der Waals surface area contributed by atoms with E-state index < -0.39 is 0 Å². The molecule has 72 valence electrons. The molecule has 0 aliphatic carbocycles. The zero-order valence-electron chi connectivity index (χ0n) is 6.90. The summed E-state index contributed by atoms with van der Waals surface area (Å²) in [7, 11) is 0. The summed E-state index contributed by atoms with van der Waals surface area (Å²) in [5.74, 6) is 1.42. The highest BCUT2D eigenvalue weighted by Crippen LogP contribution is 2.27. The zero-order chi connectivity index (χ0) is 9.68. The van der Waals surface area contributed by atoms with Gasteiger partial charge in [-0.2, -0.15) is 0 Å². The van der Waals surface area contributed by atoms with Crippen molar-refractivity contribution in [1.29, 1.82) is 0 Å². The highest BCUT2D eigenvalue weighted by atomic mass is 79.9. The van der Waals surface area contributed by atoms with Crippen molar-refractivity contribution in [1.82, 2.24) is 0 Å². The minimum Gasteiger partial charge on any atom is -0.492 e. The Kier molecular flexibility index (Phi) is 4.92. The van der Waals surface area contributed by atoms with Gasteiger partial charge < -0.3 is 4.74 Å². The summed E-state index contributed by atoms with van der Waals surface area (Å²) in [6, 6.07) is 5.43. The molecule has 1 aromatic rings. The zero-order valence-corrected chi connectivity index (χ0v) is 9.99. The molecule has 1 rings (SSSR count). The molecule has 0 saturated carbocycles. The average Bonchev–Trinajstić information content (AvgIpc) is 2.09. The van der Waals surface area contributed by atoms with Gasteiger partial charge in [-0.1, -0.05) is 11.6 Å². The Hall–Kier alpha value is 0.0800. The van der Waals surface area contributed by atoms with E-state index in [9.17, 15) is 0 Å². The van der Waals surface area contributed by atoms with Crippen LogP contribution in [0.3, 0.4) is 0 Å². The molecule has 4 heteroatoms. The molecule has 0 bridgehead atoms. The Labute approximate surface area is 96.1 Å². The Morgan fingerprint density at radius 1 is 1.38 bits per heavy atom. The molecule has 0 saturated heterocycles. The van der Waals surface area contributed by atoms with Gasteiger partial charge in [0.05, 0.1) is 11.1 Å². The first-order valence-corrected chi connectivity index (χ1v) is 5.58. The molecular weight excluding hydrogens is 275 g/mol. The van der Waals surface area contributed by atoms with E-state index in [0.717, 1.165) is 16.6 Å². The van der Waals surface area contributed by atoms with Crippen molar-refractivity contribution < 1.29 is 4.74 Å². The van der Waals surface area contributed by atoms with Crippen LogP contribution in [0.1, 0.15) is 6.42 Å². The lowest BCUT2D eigenvalue weighted by Gasteiger charge is -2.06. The minimum absolute atomic E-state index is 0.616. The molecule has 0 spiro atoms. The molecule has 0 aromatic heterocycles. The van der Waals surface area contributed by atoms with Crippen molar-refractivity contribution in [2.45, 2.75) is 6.42 Å². The van der Waals surface area contributed by atoms with Crippen LogP contribution in [-0.2, 0) is 0 Å². The lowest BCUT2D eigenvalue weighted by molar-refractivity contribution is 0.316. The summed E-state index contributed by atoms with van der Waals surface area (Å²) in [6.45, 7) is 0.629. The third-order valence-corrected chi connectivity index (χ3v) is 2.55. The van der Waals surface area contributed by atoms with E-state index in [1.807, 2.05) is 6.07 Å². The van der Waals surface area contributed by atoms with Gasteiger partial charge in [0, 0.05) is 10.9 Å². The van der Waals surface area contributed by atoms with Crippen LogP contribution in [-0.4, -0.2) is 12.5 Å². The molecule has 1 aromatic carbocycles. The second kappa shape index (κ2) is 5.74. The molecule has 0 radical (unpaired) electrons. The topological polar surface area (TPSA) is 9.23 Å². The number of halogens is 3. The minimum atomic E-state index is 0.616. The molecule has 0 fully saturated rings. The fourth-order valence-electron chi connectivity index (χ4n) is 0.829. The molecule has 0 heterocycles. The van der Waals surface area contributed by atoms with Gasteiger partial charge in [0.1, 0.15) is 5.75 Å². The Balaban J connectivity index is 2.56. The van der Waals surface area contributed by atoms with Crippen LogP contribution < -0.4 is 4.74 Å². The quantitative estimate of drug-likeness (QED) is 0.597. The van der Waals surface area contributed by atoms with Gasteiger partial charge in [-0.15, -0.1) is 11.6 Å². The number of benzene rings is 1. The van der Waals surface area contributed by atoms with Gasteiger partial charge in [-0.3, -0.25) is 0 Å². The van der Waals surface area contributed by atoms with Gasteiger partial charge in [0.15, 0.2) is 0 Å². The SMILES string of the molecule is ClCCCOc1ccc(Cl)cc1Br. The smallest absolute Gasteiger partial charge is 0.133 e. The van der Waals surface area contributed by atoms with E-state index >= 15 is 0 Å². The van der Waals surface area contributed by atoms with Crippen LogP contribution in [0.25, 0.3) is 0 Å². The molecule has 0 aliphatic rings. The van der Waals surface area contributed by atoms with E-state index in [2.05, 4.69) is 15.9 Å². The van der Waals surface area contributed by atoms with Crippen LogP contribution in [0.5, 0.6) is 5.75 Å². The first kappa shape index (κ1) is 11.2. The fraction of sp³-hybridized carbons (Fsp3) is 0.333. The molecule has 0 unspecified atom stereocenters. The second-order valence-corrected chi connectivity index (χ2v) is 4.13. The maximum atomic E-state index is 5.77. The molecule has 0 aliphatic heterocycles. The summed E-state index contributed by atoms with van der Waals surface area (Å²) >= 11 is 14.6. The van der Waals surface area contributed by atoms with Crippen LogP contribution in [0.4, 0.5) is 0 Å². The monoisotopic (exact) mass is 282 g/mol. The Morgan fingerprint density at radius 3 is 2.77 bits per heavy atom. The summed E-state index contributed by atoms with van der Waals surface area (Å²) in [5, 5.41) is 0.691. The van der Waals surface area contributed by atoms with Crippen molar-refractivity contribution >= 4 is 39.1 Å². The molecule has 1 nitrogen and oxygen atoms in total. The maximum Gasteiger partial charge on any atom is 0.133 e. The number of hydrogen-bond acceptors (Lipinski definition) is 1. The Morgan fingerprint density at radius 2 is 2.15 bits per heavy atom. The van der Waals surface area contributed by atoms with Crippen LogP contribution >= 0.6 is 39.1 Å². The van der Waals surface area contributed by atoms with Gasteiger partial charge in [0.2, 0.25) is 0 Å². The fourth-order valence-corrected chi connectivity index (χ4v) is 1.74. The molecular formula is C9H9BrCl2O. The second-order valence-electron chi connectivity index (χ2n) is 2.47. The third-order valence-electron chi connectivity index (χ3n) is 1.43. The van der Waals surface area contributed by atoms with Gasteiger partial charge in [-0.05, 0) is 40.5 Å². The normalized spacial score (nSPS) is 10.1. The van der Waals surface area contributed by atoms with Gasteiger partial charge in [0.25, 0.3) is 0 Å². The molecule has 0 atom stereocenters. The molecule has 0 amide bonds. The average molecular weight is 284 g/mol. The Bertz CT molecular complexity index is 278. The van der Waals surface area contributed by atoms with E-state index in [4.69, 9.17) is 27.9 Å².